The van der Waals surface area contributed by atoms with Crippen molar-refractivity contribution in [2.24, 2.45) is 5.73 Å². The molecule has 4 rings (SSSR count). The Labute approximate surface area is 159 Å². The summed E-state index contributed by atoms with van der Waals surface area (Å²) in [5.74, 6) is -0.819. The topological polar surface area (TPSA) is 110 Å². The molecule has 9 nitrogen and oxygen atoms in total. The molecule has 0 aliphatic carbocycles. The molecular weight excluding hydrogens is 365 g/mol. The van der Waals surface area contributed by atoms with Crippen LogP contribution in [0.4, 0.5) is 10.2 Å². The van der Waals surface area contributed by atoms with E-state index >= 15 is 0 Å². The van der Waals surface area contributed by atoms with Crippen molar-refractivity contribution in [3.05, 3.63) is 53.6 Å². The highest BCUT2D eigenvalue weighted by atomic mass is 19.1. The Morgan fingerprint density at radius 2 is 1.89 bits per heavy atom. The first kappa shape index (κ1) is 17.8. The van der Waals surface area contributed by atoms with Crippen molar-refractivity contribution in [2.75, 3.05) is 31.1 Å². The molecule has 1 aliphatic rings. The Balaban J connectivity index is 1.38. The Bertz CT molecular complexity index is 1040. The van der Waals surface area contributed by atoms with Crippen molar-refractivity contribution in [1.82, 2.24) is 24.7 Å². The maximum absolute atomic E-state index is 13.6. The zero-order valence-electron chi connectivity index (χ0n) is 15.0. The van der Waals surface area contributed by atoms with Crippen LogP contribution in [0.5, 0.6) is 0 Å². The third-order valence-corrected chi connectivity index (χ3v) is 4.76. The maximum atomic E-state index is 13.6. The van der Waals surface area contributed by atoms with Gasteiger partial charge in [0.2, 0.25) is 5.91 Å². The summed E-state index contributed by atoms with van der Waals surface area (Å²) < 4.78 is 15.2. The molecule has 1 saturated heterocycles. The Morgan fingerprint density at radius 3 is 2.64 bits per heavy atom. The molecule has 0 radical (unpaired) electrons. The van der Waals surface area contributed by atoms with Crippen LogP contribution in [-0.4, -0.2) is 62.7 Å². The molecule has 2 N–H and O–H groups in total. The maximum Gasteiger partial charge on any atom is 0.251 e. The number of benzene rings is 1. The summed E-state index contributed by atoms with van der Waals surface area (Å²) in [5, 5.41) is 12.2. The number of rotatable bonds is 4. The summed E-state index contributed by atoms with van der Waals surface area (Å²) in [4.78, 5) is 27.7. The zero-order chi connectivity index (χ0) is 19.7. The number of nitrogens with zero attached hydrogens (tertiary/aromatic N) is 6. The molecule has 0 bridgehead atoms. The monoisotopic (exact) mass is 383 g/mol. The fraction of sp³-hybridized carbons (Fsp3) is 0.278. The standard InChI is InChI=1S/C18H18FN7O2/c19-14-2-1-12(9-13(14)18(20)28)10-17(27)25-7-5-24(6-8-25)16-4-3-15-22-21-11-26(15)23-16/h1-4,9,11H,5-8,10H2,(H2,20,28). The number of amides is 2. The first-order valence-electron chi connectivity index (χ1n) is 8.79. The van der Waals surface area contributed by atoms with Crippen molar-refractivity contribution in [2.45, 2.75) is 6.42 Å². The van der Waals surface area contributed by atoms with E-state index in [1.54, 1.807) is 15.7 Å². The molecule has 1 fully saturated rings. The summed E-state index contributed by atoms with van der Waals surface area (Å²) in [6.45, 7) is 2.37. The molecule has 2 amide bonds. The van der Waals surface area contributed by atoms with Gasteiger partial charge in [0.1, 0.15) is 18.0 Å². The number of hydrogen-bond donors (Lipinski definition) is 1. The fourth-order valence-corrected chi connectivity index (χ4v) is 3.23. The molecule has 144 valence electrons. The molecule has 1 aromatic carbocycles. The molecule has 1 aliphatic heterocycles. The second-order valence-corrected chi connectivity index (χ2v) is 6.55. The van der Waals surface area contributed by atoms with Crippen LogP contribution >= 0.6 is 0 Å². The Morgan fingerprint density at radius 1 is 1.11 bits per heavy atom. The van der Waals surface area contributed by atoms with Crippen LogP contribution < -0.4 is 10.6 Å². The first-order chi connectivity index (χ1) is 13.5. The van der Waals surface area contributed by atoms with Crippen LogP contribution in [0.2, 0.25) is 0 Å². The fourth-order valence-electron chi connectivity index (χ4n) is 3.23. The predicted molar refractivity (Wildman–Crippen MR) is 98.2 cm³/mol. The molecule has 0 atom stereocenters. The van der Waals surface area contributed by atoms with Gasteiger partial charge < -0.3 is 15.5 Å². The first-order valence-corrected chi connectivity index (χ1v) is 8.79. The van der Waals surface area contributed by atoms with Gasteiger partial charge in [-0.2, -0.15) is 4.52 Å². The van der Waals surface area contributed by atoms with E-state index in [1.807, 2.05) is 12.1 Å². The Kier molecular flexibility index (Phi) is 4.60. The number of nitrogens with two attached hydrogens (primary N) is 1. The molecule has 10 heteroatoms. The van der Waals surface area contributed by atoms with E-state index < -0.39 is 11.7 Å². The number of halogens is 1. The largest absolute Gasteiger partial charge is 0.366 e. The highest BCUT2D eigenvalue weighted by Gasteiger charge is 2.23. The number of aromatic nitrogens is 4. The minimum atomic E-state index is -0.849. The smallest absolute Gasteiger partial charge is 0.251 e. The lowest BCUT2D eigenvalue weighted by Gasteiger charge is -2.35. The zero-order valence-corrected chi connectivity index (χ0v) is 15.0. The van der Waals surface area contributed by atoms with Gasteiger partial charge in [0.15, 0.2) is 5.65 Å². The summed E-state index contributed by atoms with van der Waals surface area (Å²) in [7, 11) is 0. The summed E-state index contributed by atoms with van der Waals surface area (Å²) >= 11 is 0. The lowest BCUT2D eigenvalue weighted by atomic mass is 10.1. The van der Waals surface area contributed by atoms with Crippen LogP contribution in [0.1, 0.15) is 15.9 Å². The average Bonchev–Trinajstić information content (AvgIpc) is 3.17. The quantitative estimate of drug-likeness (QED) is 0.692. The molecule has 0 spiro atoms. The lowest BCUT2D eigenvalue weighted by Crippen LogP contribution is -2.49. The van der Waals surface area contributed by atoms with Crippen LogP contribution in [0.25, 0.3) is 5.65 Å². The summed E-state index contributed by atoms with van der Waals surface area (Å²) in [6.07, 6.45) is 1.63. The van der Waals surface area contributed by atoms with Crippen molar-refractivity contribution < 1.29 is 14.0 Å². The van der Waals surface area contributed by atoms with E-state index in [1.165, 1.54) is 12.1 Å². The summed E-state index contributed by atoms with van der Waals surface area (Å²) in [5.41, 5.74) is 6.19. The van der Waals surface area contributed by atoms with Gasteiger partial charge in [-0.3, -0.25) is 9.59 Å². The van der Waals surface area contributed by atoms with Gasteiger partial charge in [-0.15, -0.1) is 15.3 Å². The average molecular weight is 383 g/mol. The number of primary amides is 1. The molecule has 0 saturated carbocycles. The van der Waals surface area contributed by atoms with Gasteiger partial charge in [0.25, 0.3) is 5.91 Å². The van der Waals surface area contributed by atoms with E-state index in [9.17, 15) is 14.0 Å². The number of carbonyl (C=O) groups is 2. The van der Waals surface area contributed by atoms with Gasteiger partial charge >= 0.3 is 0 Å². The van der Waals surface area contributed by atoms with Crippen LogP contribution in [0.3, 0.4) is 0 Å². The normalized spacial score (nSPS) is 14.5. The van der Waals surface area contributed by atoms with E-state index in [-0.39, 0.29) is 17.9 Å². The van der Waals surface area contributed by atoms with Crippen LogP contribution in [-0.2, 0) is 11.2 Å². The van der Waals surface area contributed by atoms with Gasteiger partial charge in [-0.1, -0.05) is 6.07 Å². The van der Waals surface area contributed by atoms with Crippen molar-refractivity contribution in [1.29, 1.82) is 0 Å². The minimum absolute atomic E-state index is 0.0797. The minimum Gasteiger partial charge on any atom is -0.366 e. The predicted octanol–water partition coefficient (Wildman–Crippen LogP) is 0.254. The van der Waals surface area contributed by atoms with Gasteiger partial charge in [0, 0.05) is 26.2 Å². The van der Waals surface area contributed by atoms with Gasteiger partial charge in [-0.25, -0.2) is 4.39 Å². The molecule has 3 aromatic rings. The SMILES string of the molecule is NC(=O)c1cc(CC(=O)N2CCN(c3ccc4nncn4n3)CC2)ccc1F. The number of hydrogen-bond acceptors (Lipinski definition) is 6. The lowest BCUT2D eigenvalue weighted by molar-refractivity contribution is -0.130. The highest BCUT2D eigenvalue weighted by molar-refractivity contribution is 5.93. The number of anilines is 1. The third-order valence-electron chi connectivity index (χ3n) is 4.76. The van der Waals surface area contributed by atoms with E-state index in [0.29, 0.717) is 37.4 Å². The molecule has 28 heavy (non-hydrogen) atoms. The highest BCUT2D eigenvalue weighted by Crippen LogP contribution is 2.16. The number of carbonyl (C=O) groups excluding carboxylic acids is 2. The van der Waals surface area contributed by atoms with E-state index in [2.05, 4.69) is 20.2 Å². The van der Waals surface area contributed by atoms with E-state index in [0.717, 1.165) is 11.9 Å². The van der Waals surface area contributed by atoms with Crippen LogP contribution in [0.15, 0.2) is 36.7 Å². The third kappa shape index (κ3) is 3.48. The Hall–Kier alpha value is -3.56. The number of fused-ring (bicyclic) bond motifs is 1. The molecule has 2 aromatic heterocycles. The molecular formula is C18H18FN7O2. The van der Waals surface area contributed by atoms with Gasteiger partial charge in [-0.05, 0) is 29.8 Å². The van der Waals surface area contributed by atoms with Crippen molar-refractivity contribution in [3.63, 3.8) is 0 Å². The second kappa shape index (κ2) is 7.22. The second-order valence-electron chi connectivity index (χ2n) is 6.55. The van der Waals surface area contributed by atoms with Gasteiger partial charge in [0.05, 0.1) is 12.0 Å². The van der Waals surface area contributed by atoms with E-state index in [4.69, 9.17) is 5.73 Å². The molecule has 0 unspecified atom stereocenters. The van der Waals surface area contributed by atoms with Crippen molar-refractivity contribution >= 4 is 23.3 Å². The number of piperazine rings is 1. The summed E-state index contributed by atoms with van der Waals surface area (Å²) in [6, 6.07) is 7.72. The van der Waals surface area contributed by atoms with Crippen molar-refractivity contribution in [3.8, 4) is 0 Å². The van der Waals surface area contributed by atoms with Crippen LogP contribution in [0, 0.1) is 5.82 Å². The molecule has 3 heterocycles.